The molecule has 0 aliphatic carbocycles. The van der Waals surface area contributed by atoms with Crippen molar-refractivity contribution in [1.29, 1.82) is 0 Å². The van der Waals surface area contributed by atoms with Gasteiger partial charge in [0, 0.05) is 37.2 Å². The number of benzene rings is 2. The molecule has 1 aliphatic rings. The number of hydrogen-bond donors (Lipinski definition) is 1. The van der Waals surface area contributed by atoms with Crippen molar-refractivity contribution in [3.05, 3.63) is 72.4 Å². The molecule has 4 rings (SSSR count). The largest absolute Gasteiger partial charge is 0.372 e. The maximum atomic E-state index is 12.5. The topological polar surface area (TPSA) is 61.4 Å². The summed E-state index contributed by atoms with van der Waals surface area (Å²) in [5.41, 5.74) is 3.25. The molecule has 0 atom stereocenters. The molecule has 6 heteroatoms. The SMILES string of the molecule is CN(c1ccccc1)c1ccc(C(=O)Nc2ccc(N3CCCCC3)cc2)nn1. The van der Waals surface area contributed by atoms with Gasteiger partial charge < -0.3 is 15.1 Å². The number of nitrogens with one attached hydrogen (secondary N) is 1. The Balaban J connectivity index is 1.39. The molecule has 2 aromatic carbocycles. The Morgan fingerprint density at radius 1 is 0.897 bits per heavy atom. The number of amides is 1. The van der Waals surface area contributed by atoms with E-state index in [1.165, 1.54) is 24.9 Å². The summed E-state index contributed by atoms with van der Waals surface area (Å²) >= 11 is 0. The van der Waals surface area contributed by atoms with Gasteiger partial charge in [-0.05, 0) is 67.8 Å². The summed E-state index contributed by atoms with van der Waals surface area (Å²) in [4.78, 5) is 16.8. The van der Waals surface area contributed by atoms with Gasteiger partial charge in [-0.25, -0.2) is 0 Å². The van der Waals surface area contributed by atoms with Crippen LogP contribution >= 0.6 is 0 Å². The van der Waals surface area contributed by atoms with Crippen LogP contribution in [0.1, 0.15) is 29.8 Å². The van der Waals surface area contributed by atoms with Crippen molar-refractivity contribution in [2.24, 2.45) is 0 Å². The number of aromatic nitrogens is 2. The monoisotopic (exact) mass is 387 g/mol. The van der Waals surface area contributed by atoms with Crippen LogP contribution in [-0.4, -0.2) is 36.2 Å². The summed E-state index contributed by atoms with van der Waals surface area (Å²) in [7, 11) is 1.92. The molecule has 3 aromatic rings. The first-order chi connectivity index (χ1) is 14.2. The van der Waals surface area contributed by atoms with E-state index in [4.69, 9.17) is 0 Å². The van der Waals surface area contributed by atoms with E-state index in [0.29, 0.717) is 5.82 Å². The van der Waals surface area contributed by atoms with Crippen molar-refractivity contribution in [3.63, 3.8) is 0 Å². The fourth-order valence-electron chi connectivity index (χ4n) is 3.51. The molecule has 0 bridgehead atoms. The van der Waals surface area contributed by atoms with E-state index in [1.807, 2.05) is 54.4 Å². The van der Waals surface area contributed by atoms with E-state index in [9.17, 15) is 4.79 Å². The lowest BCUT2D eigenvalue weighted by Crippen LogP contribution is -2.29. The number of rotatable bonds is 5. The van der Waals surface area contributed by atoms with Crippen molar-refractivity contribution in [1.82, 2.24) is 10.2 Å². The van der Waals surface area contributed by atoms with Crippen LogP contribution in [0.25, 0.3) is 0 Å². The summed E-state index contributed by atoms with van der Waals surface area (Å²) < 4.78 is 0. The standard InChI is InChI=1S/C23H25N5O/c1-27(19-8-4-2-5-9-19)22-15-14-21(25-26-22)23(29)24-18-10-12-20(13-11-18)28-16-6-3-7-17-28/h2,4-5,8-15H,3,6-7,16-17H2,1H3,(H,24,29). The third-order valence-electron chi connectivity index (χ3n) is 5.22. The molecule has 148 valence electrons. The molecule has 1 aliphatic heterocycles. The van der Waals surface area contributed by atoms with Gasteiger partial charge in [0.2, 0.25) is 0 Å². The van der Waals surface area contributed by atoms with Gasteiger partial charge in [0.25, 0.3) is 5.91 Å². The minimum absolute atomic E-state index is 0.267. The van der Waals surface area contributed by atoms with Crippen LogP contribution in [0.15, 0.2) is 66.7 Å². The molecule has 0 radical (unpaired) electrons. The highest BCUT2D eigenvalue weighted by molar-refractivity contribution is 6.02. The predicted octanol–water partition coefficient (Wildman–Crippen LogP) is 4.49. The molecular weight excluding hydrogens is 362 g/mol. The highest BCUT2D eigenvalue weighted by Gasteiger charge is 2.13. The molecule has 0 spiro atoms. The Morgan fingerprint density at radius 3 is 2.28 bits per heavy atom. The normalized spacial score (nSPS) is 13.8. The first-order valence-corrected chi connectivity index (χ1v) is 9.99. The summed E-state index contributed by atoms with van der Waals surface area (Å²) in [5.74, 6) is 0.413. The first-order valence-electron chi connectivity index (χ1n) is 9.99. The van der Waals surface area contributed by atoms with E-state index in [1.54, 1.807) is 12.1 Å². The Bertz CT molecular complexity index is 935. The molecule has 6 nitrogen and oxygen atoms in total. The average Bonchev–Trinajstić information content (AvgIpc) is 2.80. The average molecular weight is 387 g/mol. The fraction of sp³-hybridized carbons (Fsp3) is 0.261. The second-order valence-electron chi connectivity index (χ2n) is 7.22. The van der Waals surface area contributed by atoms with E-state index in [-0.39, 0.29) is 11.6 Å². The van der Waals surface area contributed by atoms with Crippen LogP contribution in [0, 0.1) is 0 Å². The van der Waals surface area contributed by atoms with Crippen molar-refractivity contribution >= 4 is 28.8 Å². The first kappa shape index (κ1) is 18.9. The third-order valence-corrected chi connectivity index (χ3v) is 5.22. The zero-order valence-electron chi connectivity index (χ0n) is 16.6. The molecule has 29 heavy (non-hydrogen) atoms. The summed E-state index contributed by atoms with van der Waals surface area (Å²) in [6, 6.07) is 21.4. The van der Waals surface area contributed by atoms with Crippen LogP contribution in [0.2, 0.25) is 0 Å². The van der Waals surface area contributed by atoms with Gasteiger partial charge in [-0.15, -0.1) is 10.2 Å². The Morgan fingerprint density at radius 2 is 1.62 bits per heavy atom. The van der Waals surface area contributed by atoms with Crippen molar-refractivity contribution in [2.45, 2.75) is 19.3 Å². The van der Waals surface area contributed by atoms with Gasteiger partial charge in [-0.1, -0.05) is 18.2 Å². The number of nitrogens with zero attached hydrogens (tertiary/aromatic N) is 4. The highest BCUT2D eigenvalue weighted by Crippen LogP contribution is 2.23. The lowest BCUT2D eigenvalue weighted by molar-refractivity contribution is 0.102. The van der Waals surface area contributed by atoms with Crippen molar-refractivity contribution in [2.75, 3.05) is 35.3 Å². The third kappa shape index (κ3) is 4.54. The maximum absolute atomic E-state index is 12.5. The Hall–Kier alpha value is -3.41. The van der Waals surface area contributed by atoms with Crippen LogP contribution in [0.4, 0.5) is 22.9 Å². The molecule has 0 unspecified atom stereocenters. The lowest BCUT2D eigenvalue weighted by atomic mass is 10.1. The quantitative estimate of drug-likeness (QED) is 0.699. The Labute approximate surface area is 171 Å². The van der Waals surface area contributed by atoms with Gasteiger partial charge in [-0.3, -0.25) is 4.79 Å². The molecule has 1 saturated heterocycles. The summed E-state index contributed by atoms with van der Waals surface area (Å²) in [6.07, 6.45) is 3.80. The number of anilines is 4. The molecule has 1 aromatic heterocycles. The minimum Gasteiger partial charge on any atom is -0.372 e. The molecule has 1 fully saturated rings. The highest BCUT2D eigenvalue weighted by atomic mass is 16.1. The zero-order chi connectivity index (χ0) is 20.1. The fourth-order valence-corrected chi connectivity index (χ4v) is 3.51. The van der Waals surface area contributed by atoms with Crippen LogP contribution < -0.4 is 15.1 Å². The molecule has 1 N–H and O–H groups in total. The van der Waals surface area contributed by atoms with Gasteiger partial charge in [0.1, 0.15) is 0 Å². The van der Waals surface area contributed by atoms with Crippen LogP contribution in [0.5, 0.6) is 0 Å². The number of piperidine rings is 1. The smallest absolute Gasteiger partial charge is 0.276 e. The Kier molecular flexibility index (Phi) is 5.70. The molecule has 1 amide bonds. The summed E-state index contributed by atoms with van der Waals surface area (Å²) in [5, 5.41) is 11.2. The van der Waals surface area contributed by atoms with Crippen molar-refractivity contribution < 1.29 is 4.79 Å². The summed E-state index contributed by atoms with van der Waals surface area (Å²) in [6.45, 7) is 2.20. The second kappa shape index (κ2) is 8.73. The van der Waals surface area contributed by atoms with Gasteiger partial charge in [0.15, 0.2) is 11.5 Å². The van der Waals surface area contributed by atoms with Gasteiger partial charge >= 0.3 is 0 Å². The zero-order valence-corrected chi connectivity index (χ0v) is 16.6. The van der Waals surface area contributed by atoms with Crippen LogP contribution in [-0.2, 0) is 0 Å². The van der Waals surface area contributed by atoms with E-state index < -0.39 is 0 Å². The van der Waals surface area contributed by atoms with E-state index >= 15 is 0 Å². The second-order valence-corrected chi connectivity index (χ2v) is 7.22. The number of carbonyl (C=O) groups is 1. The van der Waals surface area contributed by atoms with Crippen LogP contribution in [0.3, 0.4) is 0 Å². The lowest BCUT2D eigenvalue weighted by Gasteiger charge is -2.28. The van der Waals surface area contributed by atoms with Gasteiger partial charge in [0.05, 0.1) is 0 Å². The van der Waals surface area contributed by atoms with E-state index in [0.717, 1.165) is 24.5 Å². The maximum Gasteiger partial charge on any atom is 0.276 e. The molecular formula is C23H25N5O. The molecule has 0 saturated carbocycles. The number of hydrogen-bond acceptors (Lipinski definition) is 5. The molecule has 2 heterocycles. The predicted molar refractivity (Wildman–Crippen MR) is 117 cm³/mol. The number of carbonyl (C=O) groups excluding carboxylic acids is 1. The number of para-hydroxylation sites is 1. The minimum atomic E-state index is -0.267. The van der Waals surface area contributed by atoms with Gasteiger partial charge in [-0.2, -0.15) is 0 Å². The van der Waals surface area contributed by atoms with E-state index in [2.05, 4.69) is 32.5 Å². The van der Waals surface area contributed by atoms with Crippen molar-refractivity contribution in [3.8, 4) is 0 Å².